The number of benzene rings is 3. The Kier molecular flexibility index (Phi) is 9.33. The van der Waals surface area contributed by atoms with Crippen LogP contribution >= 0.6 is 11.8 Å². The molecule has 0 aliphatic carbocycles. The Bertz CT molecular complexity index is 1470. The number of carbonyl (C=O) groups is 2. The highest BCUT2D eigenvalue weighted by atomic mass is 32.2. The number of nitrogens with zero attached hydrogens (tertiary/aromatic N) is 2. The minimum atomic E-state index is -1.06. The van der Waals surface area contributed by atoms with Crippen molar-refractivity contribution in [3.63, 3.8) is 0 Å². The second-order valence-corrected chi connectivity index (χ2v) is 10.1. The molecule has 3 aromatic carbocycles. The normalized spacial score (nSPS) is 12.2. The Hall–Kier alpha value is -4.17. The number of imidazole rings is 1. The third kappa shape index (κ3) is 7.23. The van der Waals surface area contributed by atoms with E-state index in [9.17, 15) is 19.1 Å². The van der Waals surface area contributed by atoms with Crippen molar-refractivity contribution in [3.05, 3.63) is 114 Å². The Morgan fingerprint density at radius 3 is 2.49 bits per heavy atom. The van der Waals surface area contributed by atoms with Gasteiger partial charge < -0.3 is 15.0 Å². The van der Waals surface area contributed by atoms with Crippen LogP contribution in [0.1, 0.15) is 33.6 Å². The van der Waals surface area contributed by atoms with Crippen LogP contribution in [0, 0.1) is 12.7 Å². The van der Waals surface area contributed by atoms with Crippen molar-refractivity contribution in [3.8, 4) is 11.1 Å². The maximum atomic E-state index is 13.7. The fraction of sp³-hybridized carbons (Fsp3) is 0.194. The molecule has 1 atom stereocenters. The molecule has 0 saturated heterocycles. The van der Waals surface area contributed by atoms with Crippen LogP contribution in [0.15, 0.2) is 85.3 Å². The van der Waals surface area contributed by atoms with Crippen molar-refractivity contribution in [2.24, 2.45) is 0 Å². The molecule has 1 aromatic heterocycles. The van der Waals surface area contributed by atoms with Crippen LogP contribution in [0.5, 0.6) is 0 Å². The van der Waals surface area contributed by atoms with E-state index in [1.54, 1.807) is 30.7 Å². The molecular weight excluding hydrogens is 513 g/mol. The summed E-state index contributed by atoms with van der Waals surface area (Å²) >= 11 is 1.53. The standard InChI is InChI=1S/C31H30FN3O3S/c1-21-18-33-20-35(21)19-25(23-9-11-26(32)12-10-23)16-22-8-13-27(28(17-22)24-6-4-3-5-7-24)30(36)34-29(31(37)38)14-15-39-2/h3-13,16-18,20,29H,14-15,19H2,1-2H3,(H,34,36)(H,37,38)/b25-16-/t29-/m0/s1. The van der Waals surface area contributed by atoms with Gasteiger partial charge >= 0.3 is 5.97 Å². The zero-order valence-corrected chi connectivity index (χ0v) is 22.6. The summed E-state index contributed by atoms with van der Waals surface area (Å²) < 4.78 is 15.7. The van der Waals surface area contributed by atoms with E-state index in [0.29, 0.717) is 29.8 Å². The average Bonchev–Trinajstić information content (AvgIpc) is 3.35. The van der Waals surface area contributed by atoms with Gasteiger partial charge in [-0.25, -0.2) is 14.2 Å². The van der Waals surface area contributed by atoms with E-state index in [-0.39, 0.29) is 5.82 Å². The summed E-state index contributed by atoms with van der Waals surface area (Å²) in [4.78, 5) is 29.3. The largest absolute Gasteiger partial charge is 0.480 e. The van der Waals surface area contributed by atoms with E-state index in [4.69, 9.17) is 0 Å². The molecule has 0 fully saturated rings. The number of carboxylic acids is 1. The molecule has 0 saturated carbocycles. The number of halogens is 1. The van der Waals surface area contributed by atoms with Crippen LogP contribution in [-0.2, 0) is 11.3 Å². The minimum absolute atomic E-state index is 0.309. The fourth-order valence-electron chi connectivity index (χ4n) is 4.26. The third-order valence-corrected chi connectivity index (χ3v) is 7.05. The first-order valence-electron chi connectivity index (χ1n) is 12.5. The van der Waals surface area contributed by atoms with Gasteiger partial charge in [-0.15, -0.1) is 0 Å². The van der Waals surface area contributed by atoms with Crippen molar-refractivity contribution in [2.75, 3.05) is 12.0 Å². The molecule has 0 radical (unpaired) electrons. The van der Waals surface area contributed by atoms with Crippen LogP contribution in [0.3, 0.4) is 0 Å². The number of aliphatic carboxylic acids is 1. The molecule has 6 nitrogen and oxygen atoms in total. The monoisotopic (exact) mass is 543 g/mol. The summed E-state index contributed by atoms with van der Waals surface area (Å²) in [6.45, 7) is 2.50. The number of hydrogen-bond donors (Lipinski definition) is 2. The Balaban J connectivity index is 1.76. The fourth-order valence-corrected chi connectivity index (χ4v) is 4.73. The first-order valence-corrected chi connectivity index (χ1v) is 13.9. The van der Waals surface area contributed by atoms with Crippen LogP contribution in [0.25, 0.3) is 22.8 Å². The molecule has 200 valence electrons. The van der Waals surface area contributed by atoms with E-state index in [1.165, 1.54) is 23.9 Å². The number of carboxylic acid groups (broad SMARTS) is 1. The van der Waals surface area contributed by atoms with Crippen molar-refractivity contribution in [2.45, 2.75) is 25.9 Å². The molecule has 4 rings (SSSR count). The van der Waals surface area contributed by atoms with Crippen LogP contribution < -0.4 is 5.32 Å². The van der Waals surface area contributed by atoms with Crippen molar-refractivity contribution >= 4 is 35.3 Å². The van der Waals surface area contributed by atoms with E-state index >= 15 is 0 Å². The predicted molar refractivity (Wildman–Crippen MR) is 155 cm³/mol. The van der Waals surface area contributed by atoms with Gasteiger partial charge in [0.2, 0.25) is 0 Å². The highest BCUT2D eigenvalue weighted by molar-refractivity contribution is 7.98. The number of rotatable bonds is 11. The molecule has 39 heavy (non-hydrogen) atoms. The molecule has 0 aliphatic heterocycles. The average molecular weight is 544 g/mol. The molecule has 8 heteroatoms. The van der Waals surface area contributed by atoms with Crippen LogP contribution in [0.4, 0.5) is 4.39 Å². The van der Waals surface area contributed by atoms with Crippen molar-refractivity contribution in [1.82, 2.24) is 14.9 Å². The van der Waals surface area contributed by atoms with Crippen molar-refractivity contribution in [1.29, 1.82) is 0 Å². The third-order valence-electron chi connectivity index (χ3n) is 6.40. The molecule has 1 heterocycles. The molecule has 4 aromatic rings. The smallest absolute Gasteiger partial charge is 0.326 e. The van der Waals surface area contributed by atoms with Gasteiger partial charge in [0.1, 0.15) is 11.9 Å². The highest BCUT2D eigenvalue weighted by Crippen LogP contribution is 2.28. The van der Waals surface area contributed by atoms with Gasteiger partial charge in [-0.1, -0.05) is 48.5 Å². The van der Waals surface area contributed by atoms with Crippen LogP contribution in [-0.4, -0.2) is 44.6 Å². The molecule has 0 unspecified atom stereocenters. The maximum absolute atomic E-state index is 13.7. The SMILES string of the molecule is CSCC[C@H](NC(=O)c1ccc(/C=C(/Cn2cncc2C)c2ccc(F)cc2)cc1-c1ccccc1)C(=O)O. The lowest BCUT2D eigenvalue weighted by Crippen LogP contribution is -2.41. The number of carbonyl (C=O) groups excluding carboxylic acids is 1. The first-order chi connectivity index (χ1) is 18.9. The molecule has 2 N–H and O–H groups in total. The maximum Gasteiger partial charge on any atom is 0.326 e. The molecule has 0 bridgehead atoms. The summed E-state index contributed by atoms with van der Waals surface area (Å²) in [6.07, 6.45) is 7.78. The number of nitrogens with one attached hydrogen (secondary N) is 1. The Morgan fingerprint density at radius 2 is 1.85 bits per heavy atom. The second-order valence-electron chi connectivity index (χ2n) is 9.16. The minimum Gasteiger partial charge on any atom is -0.480 e. The van der Waals surface area contributed by atoms with Gasteiger partial charge in [0.05, 0.1) is 6.33 Å². The quantitative estimate of drug-likeness (QED) is 0.221. The summed E-state index contributed by atoms with van der Waals surface area (Å²) in [5.74, 6) is -1.19. The second kappa shape index (κ2) is 13.1. The van der Waals surface area contributed by atoms with Gasteiger partial charge in [-0.3, -0.25) is 4.79 Å². The topological polar surface area (TPSA) is 84.2 Å². The summed E-state index contributed by atoms with van der Waals surface area (Å²) in [5.41, 5.74) is 5.56. The van der Waals surface area contributed by atoms with E-state index in [1.807, 2.05) is 66.3 Å². The summed E-state index contributed by atoms with van der Waals surface area (Å²) in [6, 6.07) is 20.4. The zero-order valence-electron chi connectivity index (χ0n) is 21.8. The lowest BCUT2D eigenvalue weighted by Gasteiger charge is -2.17. The van der Waals surface area contributed by atoms with E-state index in [0.717, 1.165) is 28.0 Å². The van der Waals surface area contributed by atoms with Gasteiger partial charge in [-0.05, 0) is 83.5 Å². The number of amides is 1. The number of aromatic nitrogens is 2. The molecule has 0 aliphatic rings. The predicted octanol–water partition coefficient (Wildman–Crippen LogP) is 6.17. The van der Waals surface area contributed by atoms with Gasteiger partial charge in [0.15, 0.2) is 0 Å². The molecular formula is C31H30FN3O3S. The van der Waals surface area contributed by atoms with Gasteiger partial charge in [0.25, 0.3) is 5.91 Å². The molecule has 0 spiro atoms. The number of hydrogen-bond acceptors (Lipinski definition) is 4. The van der Waals surface area contributed by atoms with E-state index in [2.05, 4.69) is 10.3 Å². The lowest BCUT2D eigenvalue weighted by molar-refractivity contribution is -0.139. The Labute approximate surface area is 231 Å². The first kappa shape index (κ1) is 27.9. The van der Waals surface area contributed by atoms with Crippen molar-refractivity contribution < 1.29 is 19.1 Å². The zero-order chi connectivity index (χ0) is 27.8. The number of aryl methyl sites for hydroxylation is 1. The molecule has 1 amide bonds. The number of thioether (sulfide) groups is 1. The van der Waals surface area contributed by atoms with Gasteiger partial charge in [0, 0.05) is 24.0 Å². The van der Waals surface area contributed by atoms with Crippen LogP contribution in [0.2, 0.25) is 0 Å². The lowest BCUT2D eigenvalue weighted by atomic mass is 9.94. The number of allylic oxidation sites excluding steroid dienone is 1. The summed E-state index contributed by atoms with van der Waals surface area (Å²) in [5, 5.41) is 12.3. The Morgan fingerprint density at radius 1 is 1.10 bits per heavy atom. The highest BCUT2D eigenvalue weighted by Gasteiger charge is 2.22. The summed E-state index contributed by atoms with van der Waals surface area (Å²) in [7, 11) is 0. The van der Waals surface area contributed by atoms with E-state index < -0.39 is 17.9 Å². The van der Waals surface area contributed by atoms with Gasteiger partial charge in [-0.2, -0.15) is 11.8 Å².